The van der Waals surface area contributed by atoms with Gasteiger partial charge < -0.3 is 10.3 Å². The molecule has 8 nitrogen and oxygen atoms in total. The normalized spacial score (nSPS) is 16.2. The van der Waals surface area contributed by atoms with E-state index in [9.17, 15) is 19.7 Å². The van der Waals surface area contributed by atoms with Crippen LogP contribution in [0.3, 0.4) is 0 Å². The van der Waals surface area contributed by atoms with Crippen molar-refractivity contribution in [1.82, 2.24) is 14.9 Å². The summed E-state index contributed by atoms with van der Waals surface area (Å²) in [5.41, 5.74) is -0.776. The van der Waals surface area contributed by atoms with Crippen LogP contribution in [0.15, 0.2) is 27.8 Å². The smallest absolute Gasteiger partial charge is 0.317 e. The van der Waals surface area contributed by atoms with Crippen LogP contribution in [0.25, 0.3) is 10.9 Å². The Bertz CT molecular complexity index is 817. The SMILES string of the molecule is O=c1[nH]c2ccc([N+](=O)[O-])cc2c(=O)n1C1CCNCC1. The van der Waals surface area contributed by atoms with E-state index < -0.39 is 16.2 Å². The number of piperidine rings is 1. The van der Waals surface area contributed by atoms with E-state index in [0.29, 0.717) is 18.4 Å². The van der Waals surface area contributed by atoms with Gasteiger partial charge >= 0.3 is 5.69 Å². The Kier molecular flexibility index (Phi) is 3.30. The zero-order chi connectivity index (χ0) is 15.0. The molecule has 1 aliphatic heterocycles. The molecular formula is C13H14N4O4. The second-order valence-electron chi connectivity index (χ2n) is 5.07. The number of hydrogen-bond donors (Lipinski definition) is 2. The molecule has 1 fully saturated rings. The van der Waals surface area contributed by atoms with Crippen molar-refractivity contribution < 1.29 is 4.92 Å². The highest BCUT2D eigenvalue weighted by Crippen LogP contribution is 2.18. The largest absolute Gasteiger partial charge is 0.329 e. The third kappa shape index (κ3) is 2.33. The lowest BCUT2D eigenvalue weighted by molar-refractivity contribution is -0.384. The first-order valence-electron chi connectivity index (χ1n) is 6.71. The number of nitro benzene ring substituents is 1. The van der Waals surface area contributed by atoms with E-state index in [2.05, 4.69) is 10.3 Å². The predicted octanol–water partition coefficient (Wildman–Crippen LogP) is 0.522. The van der Waals surface area contributed by atoms with Gasteiger partial charge in [-0.3, -0.25) is 19.5 Å². The van der Waals surface area contributed by atoms with Crippen molar-refractivity contribution in [2.24, 2.45) is 0 Å². The molecule has 110 valence electrons. The van der Waals surface area contributed by atoms with E-state index in [1.807, 2.05) is 0 Å². The molecule has 0 bridgehead atoms. The molecule has 2 aromatic rings. The Morgan fingerprint density at radius 3 is 2.62 bits per heavy atom. The summed E-state index contributed by atoms with van der Waals surface area (Å²) in [6.07, 6.45) is 1.37. The molecule has 0 spiro atoms. The third-order valence-electron chi connectivity index (χ3n) is 3.80. The molecule has 0 atom stereocenters. The minimum atomic E-state index is -0.557. The summed E-state index contributed by atoms with van der Waals surface area (Å²) < 4.78 is 1.19. The summed E-state index contributed by atoms with van der Waals surface area (Å²) in [7, 11) is 0. The highest BCUT2D eigenvalue weighted by Gasteiger charge is 2.20. The fourth-order valence-electron chi connectivity index (χ4n) is 2.73. The lowest BCUT2D eigenvalue weighted by Crippen LogP contribution is -2.42. The fraction of sp³-hybridized carbons (Fsp3) is 0.385. The van der Waals surface area contributed by atoms with Crippen molar-refractivity contribution in [3.63, 3.8) is 0 Å². The summed E-state index contributed by atoms with van der Waals surface area (Å²) in [5, 5.41) is 14.2. The maximum Gasteiger partial charge on any atom is 0.329 e. The first-order valence-corrected chi connectivity index (χ1v) is 6.71. The van der Waals surface area contributed by atoms with E-state index >= 15 is 0 Å². The van der Waals surface area contributed by atoms with Crippen molar-refractivity contribution in [3.8, 4) is 0 Å². The average Bonchev–Trinajstić information content (AvgIpc) is 2.48. The number of aromatic nitrogens is 2. The fourth-order valence-corrected chi connectivity index (χ4v) is 2.73. The van der Waals surface area contributed by atoms with Gasteiger partial charge in [0.25, 0.3) is 11.2 Å². The lowest BCUT2D eigenvalue weighted by Gasteiger charge is -2.23. The second kappa shape index (κ2) is 5.13. The summed E-state index contributed by atoms with van der Waals surface area (Å²) >= 11 is 0. The van der Waals surface area contributed by atoms with Crippen molar-refractivity contribution >= 4 is 16.6 Å². The van der Waals surface area contributed by atoms with E-state index in [4.69, 9.17) is 0 Å². The topological polar surface area (TPSA) is 110 Å². The number of nitrogens with zero attached hydrogens (tertiary/aromatic N) is 2. The number of nitrogens with one attached hydrogen (secondary N) is 2. The first kappa shape index (κ1) is 13.5. The molecule has 1 aromatic carbocycles. The minimum absolute atomic E-state index is 0.163. The van der Waals surface area contributed by atoms with Crippen LogP contribution in [-0.4, -0.2) is 27.6 Å². The van der Waals surface area contributed by atoms with E-state index in [1.54, 1.807) is 0 Å². The molecule has 0 aliphatic carbocycles. The van der Waals surface area contributed by atoms with Crippen LogP contribution in [0, 0.1) is 10.1 Å². The van der Waals surface area contributed by atoms with E-state index in [-0.39, 0.29) is 17.1 Å². The van der Waals surface area contributed by atoms with Crippen molar-refractivity contribution in [2.75, 3.05) is 13.1 Å². The number of hydrogen-bond acceptors (Lipinski definition) is 5. The summed E-state index contributed by atoms with van der Waals surface area (Å²) in [5.74, 6) is 0. The number of H-pyrrole nitrogens is 1. The molecule has 21 heavy (non-hydrogen) atoms. The molecule has 0 unspecified atom stereocenters. The molecule has 2 N–H and O–H groups in total. The molecule has 0 amide bonds. The Morgan fingerprint density at radius 1 is 1.24 bits per heavy atom. The lowest BCUT2D eigenvalue weighted by atomic mass is 10.1. The molecule has 1 aliphatic rings. The van der Waals surface area contributed by atoms with Gasteiger partial charge in [0.05, 0.1) is 15.8 Å². The van der Waals surface area contributed by atoms with Crippen LogP contribution in [-0.2, 0) is 0 Å². The van der Waals surface area contributed by atoms with Gasteiger partial charge in [-0.15, -0.1) is 0 Å². The van der Waals surface area contributed by atoms with Crippen LogP contribution in [0.2, 0.25) is 0 Å². The Labute approximate surface area is 118 Å². The van der Waals surface area contributed by atoms with Gasteiger partial charge in [-0.2, -0.15) is 0 Å². The molecule has 3 rings (SSSR count). The molecule has 2 heterocycles. The van der Waals surface area contributed by atoms with E-state index in [1.165, 1.54) is 22.8 Å². The van der Waals surface area contributed by atoms with Gasteiger partial charge in [0, 0.05) is 18.2 Å². The van der Waals surface area contributed by atoms with Crippen LogP contribution in [0.1, 0.15) is 18.9 Å². The van der Waals surface area contributed by atoms with Crippen LogP contribution < -0.4 is 16.6 Å². The Hall–Kier alpha value is -2.48. The van der Waals surface area contributed by atoms with Crippen molar-refractivity contribution in [2.45, 2.75) is 18.9 Å². The molecule has 1 aromatic heterocycles. The van der Waals surface area contributed by atoms with Gasteiger partial charge in [0.15, 0.2) is 0 Å². The van der Waals surface area contributed by atoms with E-state index in [0.717, 1.165) is 13.1 Å². The van der Waals surface area contributed by atoms with Crippen LogP contribution in [0.4, 0.5) is 5.69 Å². The zero-order valence-electron chi connectivity index (χ0n) is 11.2. The standard InChI is InChI=1S/C13H14N4O4/c18-12-10-7-9(17(20)21)1-2-11(10)15-13(19)16(12)8-3-5-14-6-4-8/h1-2,7-8,14H,3-6H2,(H,15,19). The van der Waals surface area contributed by atoms with Gasteiger partial charge in [-0.1, -0.05) is 0 Å². The van der Waals surface area contributed by atoms with Crippen LogP contribution in [0.5, 0.6) is 0 Å². The highest BCUT2D eigenvalue weighted by molar-refractivity contribution is 5.79. The predicted molar refractivity (Wildman–Crippen MR) is 76.6 cm³/mol. The zero-order valence-corrected chi connectivity index (χ0v) is 11.2. The molecule has 1 saturated heterocycles. The summed E-state index contributed by atoms with van der Waals surface area (Å²) in [6, 6.07) is 3.70. The maximum absolute atomic E-state index is 12.5. The minimum Gasteiger partial charge on any atom is -0.317 e. The quantitative estimate of drug-likeness (QED) is 0.619. The number of nitro groups is 1. The third-order valence-corrected chi connectivity index (χ3v) is 3.80. The van der Waals surface area contributed by atoms with Crippen LogP contribution >= 0.6 is 0 Å². The van der Waals surface area contributed by atoms with Gasteiger partial charge in [0.2, 0.25) is 0 Å². The maximum atomic E-state index is 12.5. The molecule has 8 heteroatoms. The monoisotopic (exact) mass is 290 g/mol. The highest BCUT2D eigenvalue weighted by atomic mass is 16.6. The Balaban J connectivity index is 2.23. The number of non-ortho nitro benzene ring substituents is 1. The number of fused-ring (bicyclic) bond motifs is 1. The van der Waals surface area contributed by atoms with Crippen molar-refractivity contribution in [3.05, 3.63) is 49.2 Å². The number of benzene rings is 1. The second-order valence-corrected chi connectivity index (χ2v) is 5.07. The first-order chi connectivity index (χ1) is 10.1. The molecule has 0 saturated carbocycles. The Morgan fingerprint density at radius 2 is 1.95 bits per heavy atom. The van der Waals surface area contributed by atoms with Gasteiger partial charge in [-0.05, 0) is 32.0 Å². The summed E-state index contributed by atoms with van der Waals surface area (Å²) in [6.45, 7) is 1.48. The van der Waals surface area contributed by atoms with Gasteiger partial charge in [-0.25, -0.2) is 4.79 Å². The molecule has 0 radical (unpaired) electrons. The van der Waals surface area contributed by atoms with Gasteiger partial charge in [0.1, 0.15) is 0 Å². The number of rotatable bonds is 2. The summed E-state index contributed by atoms with van der Waals surface area (Å²) in [4.78, 5) is 37.5. The van der Waals surface area contributed by atoms with Crippen molar-refractivity contribution in [1.29, 1.82) is 0 Å². The average molecular weight is 290 g/mol. The number of aromatic amines is 1. The molecular weight excluding hydrogens is 276 g/mol.